The highest BCUT2D eigenvalue weighted by atomic mass is 16.5. The first kappa shape index (κ1) is 26.1. The van der Waals surface area contributed by atoms with Crippen molar-refractivity contribution in [2.45, 2.75) is 56.5 Å². The van der Waals surface area contributed by atoms with Crippen LogP contribution in [0.3, 0.4) is 0 Å². The molecule has 3 aliphatic carbocycles. The van der Waals surface area contributed by atoms with Crippen molar-refractivity contribution in [2.24, 2.45) is 11.8 Å². The van der Waals surface area contributed by atoms with Gasteiger partial charge in [0, 0.05) is 27.5 Å². The highest BCUT2D eigenvalue weighted by Gasteiger charge is 2.58. The average molecular weight is 575 g/mol. The van der Waals surface area contributed by atoms with Crippen LogP contribution in [0.2, 0.25) is 0 Å². The third kappa shape index (κ3) is 3.37. The number of hydrogen-bond donors (Lipinski definition) is 0. The maximum Gasteiger partial charge on any atom is 0.178 e. The van der Waals surface area contributed by atoms with Crippen LogP contribution in [0, 0.1) is 11.8 Å². The molecule has 2 heteroatoms. The van der Waals surface area contributed by atoms with Gasteiger partial charge in [-0.15, -0.1) is 0 Å². The van der Waals surface area contributed by atoms with Crippen LogP contribution in [0.1, 0.15) is 78.8 Å². The van der Waals surface area contributed by atoms with E-state index in [2.05, 4.69) is 111 Å². The SMILES string of the molecule is COc1ccc(C2(c3ccc(C(C)C)cc3)C=Cc3c4c(c5ccccc5c3O2)-c2ccccc2C42CC3CCC2C3)cc1. The summed E-state index contributed by atoms with van der Waals surface area (Å²) in [6.07, 6.45) is 10.0. The van der Waals surface area contributed by atoms with E-state index in [0.29, 0.717) is 11.8 Å². The van der Waals surface area contributed by atoms with E-state index in [0.717, 1.165) is 28.5 Å². The standard InChI is InChI=1S/C42H38O2/c1-26(2)28-13-16-29(17-14-28)42(30-18-20-32(43-3)21-19-30)23-22-36-39-38(33-8-4-5-9-34(33)40(36)44-42)35-10-6-7-11-37(35)41(39)25-27-12-15-31(41)24-27/h4-11,13-14,16-23,26-27,31H,12,15,24-25H2,1-3H3. The van der Waals surface area contributed by atoms with Crippen molar-refractivity contribution in [1.82, 2.24) is 0 Å². The van der Waals surface area contributed by atoms with Gasteiger partial charge in [-0.25, -0.2) is 0 Å². The Hall–Kier alpha value is -4.30. The Morgan fingerprint density at radius 3 is 2.18 bits per heavy atom. The van der Waals surface area contributed by atoms with Crippen molar-refractivity contribution in [3.05, 3.63) is 137 Å². The van der Waals surface area contributed by atoms with Crippen molar-refractivity contribution in [1.29, 1.82) is 0 Å². The topological polar surface area (TPSA) is 18.5 Å². The van der Waals surface area contributed by atoms with Crippen LogP contribution >= 0.6 is 0 Å². The van der Waals surface area contributed by atoms with Crippen LogP contribution in [0.25, 0.3) is 28.0 Å². The zero-order valence-corrected chi connectivity index (χ0v) is 25.8. The van der Waals surface area contributed by atoms with Crippen molar-refractivity contribution in [3.63, 3.8) is 0 Å². The number of benzene rings is 5. The van der Waals surface area contributed by atoms with Crippen molar-refractivity contribution >= 4 is 16.8 Å². The molecule has 0 N–H and O–H groups in total. The summed E-state index contributed by atoms with van der Waals surface area (Å²) in [5.41, 5.74) is 10.1. The third-order valence-corrected chi connectivity index (χ3v) is 11.4. The molecule has 0 saturated heterocycles. The molecule has 2 fully saturated rings. The zero-order valence-electron chi connectivity index (χ0n) is 25.8. The minimum atomic E-state index is -0.765. The second-order valence-electron chi connectivity index (χ2n) is 13.8. The van der Waals surface area contributed by atoms with Gasteiger partial charge in [0.2, 0.25) is 0 Å². The molecular weight excluding hydrogens is 536 g/mol. The summed E-state index contributed by atoms with van der Waals surface area (Å²) in [7, 11) is 1.72. The van der Waals surface area contributed by atoms with Crippen LogP contribution in [-0.2, 0) is 11.0 Å². The van der Waals surface area contributed by atoms with Crippen LogP contribution in [0.5, 0.6) is 11.5 Å². The highest BCUT2D eigenvalue weighted by molar-refractivity contribution is 6.08. The molecule has 44 heavy (non-hydrogen) atoms. The molecule has 0 radical (unpaired) electrons. The smallest absolute Gasteiger partial charge is 0.178 e. The summed E-state index contributed by atoms with van der Waals surface area (Å²) in [5, 5.41) is 2.50. The van der Waals surface area contributed by atoms with E-state index in [-0.39, 0.29) is 5.41 Å². The summed E-state index contributed by atoms with van der Waals surface area (Å²) in [6, 6.07) is 35.7. The lowest BCUT2D eigenvalue weighted by Crippen LogP contribution is -2.36. The van der Waals surface area contributed by atoms with E-state index < -0.39 is 5.60 Å². The Morgan fingerprint density at radius 2 is 1.50 bits per heavy atom. The fourth-order valence-electron chi connectivity index (χ4n) is 9.46. The van der Waals surface area contributed by atoms with Gasteiger partial charge in [-0.05, 0) is 88.4 Å². The van der Waals surface area contributed by atoms with E-state index >= 15 is 0 Å². The van der Waals surface area contributed by atoms with Crippen LogP contribution < -0.4 is 9.47 Å². The number of ether oxygens (including phenoxy) is 2. The molecule has 5 aromatic carbocycles. The molecule has 1 aliphatic heterocycles. The van der Waals surface area contributed by atoms with E-state index in [1.54, 1.807) is 12.7 Å². The molecule has 0 aromatic heterocycles. The van der Waals surface area contributed by atoms with Gasteiger partial charge < -0.3 is 9.47 Å². The molecule has 218 valence electrons. The zero-order chi connectivity index (χ0) is 29.6. The predicted molar refractivity (Wildman–Crippen MR) is 180 cm³/mol. The number of hydrogen-bond acceptors (Lipinski definition) is 2. The number of rotatable bonds is 4. The summed E-state index contributed by atoms with van der Waals surface area (Å²) >= 11 is 0. The van der Waals surface area contributed by atoms with Crippen molar-refractivity contribution < 1.29 is 9.47 Å². The summed E-state index contributed by atoms with van der Waals surface area (Å²) < 4.78 is 13.1. The quantitative estimate of drug-likeness (QED) is 0.213. The average Bonchev–Trinajstić information content (AvgIpc) is 3.77. The Bertz CT molecular complexity index is 1960. The number of fused-ring (bicyclic) bond motifs is 13. The van der Waals surface area contributed by atoms with E-state index in [4.69, 9.17) is 9.47 Å². The maximum absolute atomic E-state index is 7.56. The van der Waals surface area contributed by atoms with Crippen molar-refractivity contribution in [2.75, 3.05) is 7.11 Å². The fourth-order valence-corrected chi connectivity index (χ4v) is 9.46. The van der Waals surface area contributed by atoms with Crippen LogP contribution in [0.4, 0.5) is 0 Å². The predicted octanol–water partition coefficient (Wildman–Crippen LogP) is 10.4. The Balaban J connectivity index is 1.33. The van der Waals surface area contributed by atoms with Crippen molar-refractivity contribution in [3.8, 4) is 22.6 Å². The number of methoxy groups -OCH3 is 1. The Kier molecular flexibility index (Phi) is 5.55. The van der Waals surface area contributed by atoms with Gasteiger partial charge in [0.15, 0.2) is 5.60 Å². The minimum Gasteiger partial charge on any atom is -0.497 e. The molecule has 4 atom stereocenters. The Morgan fingerprint density at radius 1 is 0.795 bits per heavy atom. The van der Waals surface area contributed by atoms with E-state index in [1.807, 2.05) is 12.1 Å². The van der Waals surface area contributed by atoms with Gasteiger partial charge in [-0.2, -0.15) is 0 Å². The van der Waals surface area contributed by atoms with Gasteiger partial charge >= 0.3 is 0 Å². The molecule has 1 heterocycles. The largest absolute Gasteiger partial charge is 0.497 e. The van der Waals surface area contributed by atoms with Gasteiger partial charge in [-0.3, -0.25) is 0 Å². The fraction of sp³-hybridized carbons (Fsp3) is 0.286. The Labute approximate surface area is 260 Å². The molecule has 9 rings (SSSR count). The first-order chi connectivity index (χ1) is 21.5. The first-order valence-electron chi connectivity index (χ1n) is 16.4. The first-order valence-corrected chi connectivity index (χ1v) is 16.4. The second-order valence-corrected chi connectivity index (χ2v) is 13.8. The summed E-state index contributed by atoms with van der Waals surface area (Å²) in [5.74, 6) is 3.83. The molecule has 5 aromatic rings. The van der Waals surface area contributed by atoms with Gasteiger partial charge in [-0.1, -0.05) is 111 Å². The molecule has 2 bridgehead atoms. The molecule has 4 aliphatic rings. The third-order valence-electron chi connectivity index (χ3n) is 11.4. The van der Waals surface area contributed by atoms with Gasteiger partial charge in [0.05, 0.1) is 7.11 Å². The molecule has 2 nitrogen and oxygen atoms in total. The molecule has 0 amide bonds. The maximum atomic E-state index is 7.56. The summed E-state index contributed by atoms with van der Waals surface area (Å²) in [6.45, 7) is 4.50. The lowest BCUT2D eigenvalue weighted by molar-refractivity contribution is 0.163. The van der Waals surface area contributed by atoms with E-state index in [9.17, 15) is 0 Å². The monoisotopic (exact) mass is 574 g/mol. The molecule has 1 spiro atoms. The van der Waals surface area contributed by atoms with Gasteiger partial charge in [0.1, 0.15) is 11.5 Å². The minimum absolute atomic E-state index is 0.0652. The van der Waals surface area contributed by atoms with Crippen LogP contribution in [-0.4, -0.2) is 7.11 Å². The molecule has 2 saturated carbocycles. The van der Waals surface area contributed by atoms with Crippen LogP contribution in [0.15, 0.2) is 103 Å². The van der Waals surface area contributed by atoms with Gasteiger partial charge in [0.25, 0.3) is 0 Å². The molecular formula is C42H38O2. The normalized spacial score (nSPS) is 25.7. The molecule has 4 unspecified atom stereocenters. The lowest BCUT2D eigenvalue weighted by Gasteiger charge is -2.41. The van der Waals surface area contributed by atoms with E-state index in [1.165, 1.54) is 64.3 Å². The second kappa shape index (κ2) is 9.35. The summed E-state index contributed by atoms with van der Waals surface area (Å²) in [4.78, 5) is 0. The highest BCUT2D eigenvalue weighted by Crippen LogP contribution is 2.68. The lowest BCUT2D eigenvalue weighted by atomic mass is 9.65.